The summed E-state index contributed by atoms with van der Waals surface area (Å²) in [5.41, 5.74) is 3.04. The van der Waals surface area contributed by atoms with Crippen LogP contribution in [0.15, 0.2) is 42.5 Å². The topological polar surface area (TPSA) is 50.8 Å². The summed E-state index contributed by atoms with van der Waals surface area (Å²) in [7, 11) is 7.13. The van der Waals surface area contributed by atoms with Crippen LogP contribution in [-0.4, -0.2) is 39.1 Å². The van der Waals surface area contributed by atoms with Crippen molar-refractivity contribution in [3.63, 3.8) is 0 Å². The maximum atomic E-state index is 12.1. The minimum absolute atomic E-state index is 0.182. The second-order valence-electron chi connectivity index (χ2n) is 6.34. The van der Waals surface area contributed by atoms with Gasteiger partial charge in [0.05, 0.1) is 19.2 Å². The Morgan fingerprint density at radius 3 is 2.37 bits per heavy atom. The molecule has 0 spiro atoms. The maximum Gasteiger partial charge on any atom is 0.244 e. The Morgan fingerprint density at radius 2 is 1.78 bits per heavy atom. The Balaban J connectivity index is 1.94. The third kappa shape index (κ3) is 6.31. The molecule has 0 saturated heterocycles. The predicted octanol–water partition coefficient (Wildman–Crippen LogP) is 3.75. The summed E-state index contributed by atoms with van der Waals surface area (Å²) in [6.45, 7) is 1.36. The first kappa shape index (κ1) is 20.8. The van der Waals surface area contributed by atoms with Crippen LogP contribution in [0.3, 0.4) is 0 Å². The number of carbonyl (C=O) groups excluding carboxylic acids is 1. The van der Waals surface area contributed by atoms with Gasteiger partial charge in [-0.15, -0.1) is 0 Å². The molecule has 0 bridgehead atoms. The molecule has 0 fully saturated rings. The second kappa shape index (κ2) is 10.00. The monoisotopic (exact) mass is 388 g/mol. The largest absolute Gasteiger partial charge is 0.493 e. The highest BCUT2D eigenvalue weighted by molar-refractivity contribution is 6.32. The third-order valence-corrected chi connectivity index (χ3v) is 4.15. The van der Waals surface area contributed by atoms with E-state index in [2.05, 4.69) is 22.3 Å². The molecule has 0 aliphatic rings. The summed E-state index contributed by atoms with van der Waals surface area (Å²) in [6, 6.07) is 11.7. The first-order valence-electron chi connectivity index (χ1n) is 8.53. The molecule has 0 aliphatic carbocycles. The number of rotatable bonds is 8. The minimum atomic E-state index is -0.182. The van der Waals surface area contributed by atoms with Crippen LogP contribution >= 0.6 is 11.6 Å². The number of methoxy groups -OCH3 is 2. The van der Waals surface area contributed by atoms with Crippen molar-refractivity contribution in [3.8, 4) is 11.5 Å². The lowest BCUT2D eigenvalue weighted by atomic mass is 10.1. The maximum absolute atomic E-state index is 12.1. The zero-order valence-electron chi connectivity index (χ0n) is 16.1. The van der Waals surface area contributed by atoms with Crippen molar-refractivity contribution in [3.05, 3.63) is 64.2 Å². The summed E-state index contributed by atoms with van der Waals surface area (Å²) < 4.78 is 10.5. The molecule has 0 atom stereocenters. The molecule has 2 aromatic rings. The van der Waals surface area contributed by atoms with Gasteiger partial charge in [-0.05, 0) is 49.0 Å². The fourth-order valence-electron chi connectivity index (χ4n) is 2.58. The normalized spacial score (nSPS) is 11.0. The van der Waals surface area contributed by atoms with Crippen molar-refractivity contribution in [1.82, 2.24) is 10.2 Å². The van der Waals surface area contributed by atoms with Gasteiger partial charge in [-0.3, -0.25) is 4.79 Å². The molecule has 1 amide bonds. The number of hydrogen-bond acceptors (Lipinski definition) is 4. The van der Waals surface area contributed by atoms with Crippen molar-refractivity contribution in [1.29, 1.82) is 0 Å². The van der Waals surface area contributed by atoms with Gasteiger partial charge in [0.15, 0.2) is 11.5 Å². The molecule has 0 aromatic heterocycles. The smallest absolute Gasteiger partial charge is 0.244 e. The van der Waals surface area contributed by atoms with Gasteiger partial charge in [0.25, 0.3) is 0 Å². The van der Waals surface area contributed by atoms with Gasteiger partial charge in [-0.25, -0.2) is 0 Å². The minimum Gasteiger partial charge on any atom is -0.493 e. The number of ether oxygens (including phenoxy) is 2. The first-order valence-corrected chi connectivity index (χ1v) is 8.90. The standard InChI is InChI=1S/C21H25ClN2O3/c1-24(2)14-16-7-5-15(6-8-16)13-23-20(25)10-9-17-11-18(22)21(27-4)19(12-17)26-3/h5-12H,13-14H2,1-4H3,(H,23,25)/b10-9+. The Labute approximate surface area is 165 Å². The summed E-state index contributed by atoms with van der Waals surface area (Å²) in [4.78, 5) is 14.2. The van der Waals surface area contributed by atoms with Crippen LogP contribution < -0.4 is 14.8 Å². The van der Waals surface area contributed by atoms with Gasteiger partial charge < -0.3 is 19.7 Å². The molecule has 0 heterocycles. The highest BCUT2D eigenvalue weighted by atomic mass is 35.5. The number of nitrogens with one attached hydrogen (secondary N) is 1. The van der Waals surface area contributed by atoms with E-state index in [0.717, 1.165) is 17.7 Å². The van der Waals surface area contributed by atoms with E-state index in [4.69, 9.17) is 21.1 Å². The van der Waals surface area contributed by atoms with E-state index in [0.29, 0.717) is 23.1 Å². The van der Waals surface area contributed by atoms with Crippen LogP contribution in [0.1, 0.15) is 16.7 Å². The van der Waals surface area contributed by atoms with Crippen molar-refractivity contribution >= 4 is 23.6 Å². The van der Waals surface area contributed by atoms with Gasteiger partial charge in [0.1, 0.15) is 0 Å². The number of amides is 1. The number of nitrogens with zero attached hydrogens (tertiary/aromatic N) is 1. The van der Waals surface area contributed by atoms with Gasteiger partial charge in [0.2, 0.25) is 5.91 Å². The molecule has 5 nitrogen and oxygen atoms in total. The number of hydrogen-bond donors (Lipinski definition) is 1. The molecule has 144 valence electrons. The molecule has 2 rings (SSSR count). The quantitative estimate of drug-likeness (QED) is 0.700. The molecule has 2 aromatic carbocycles. The molecule has 0 saturated carbocycles. The lowest BCUT2D eigenvalue weighted by Gasteiger charge is -2.10. The van der Waals surface area contributed by atoms with E-state index in [1.807, 2.05) is 26.2 Å². The van der Waals surface area contributed by atoms with Gasteiger partial charge >= 0.3 is 0 Å². The highest BCUT2D eigenvalue weighted by Crippen LogP contribution is 2.36. The Morgan fingerprint density at radius 1 is 1.11 bits per heavy atom. The number of benzene rings is 2. The lowest BCUT2D eigenvalue weighted by molar-refractivity contribution is -0.116. The van der Waals surface area contributed by atoms with Gasteiger partial charge in [-0.2, -0.15) is 0 Å². The SMILES string of the molecule is COc1cc(/C=C/C(=O)NCc2ccc(CN(C)C)cc2)cc(Cl)c1OC. The van der Waals surface area contributed by atoms with Gasteiger partial charge in [-0.1, -0.05) is 35.9 Å². The van der Waals surface area contributed by atoms with Crippen molar-refractivity contribution < 1.29 is 14.3 Å². The van der Waals surface area contributed by atoms with E-state index in [1.54, 1.807) is 18.2 Å². The van der Waals surface area contributed by atoms with Gasteiger partial charge in [0, 0.05) is 19.2 Å². The average molecular weight is 389 g/mol. The molecular weight excluding hydrogens is 364 g/mol. The molecule has 0 unspecified atom stereocenters. The van der Waals surface area contributed by atoms with Crippen LogP contribution in [0.2, 0.25) is 5.02 Å². The molecular formula is C21H25ClN2O3. The van der Waals surface area contributed by atoms with E-state index in [1.165, 1.54) is 25.9 Å². The fourth-order valence-corrected chi connectivity index (χ4v) is 2.88. The molecule has 0 aliphatic heterocycles. The van der Waals surface area contributed by atoms with Crippen LogP contribution in [0.4, 0.5) is 0 Å². The Kier molecular flexibility index (Phi) is 7.70. The van der Waals surface area contributed by atoms with E-state index in [9.17, 15) is 4.79 Å². The summed E-state index contributed by atoms with van der Waals surface area (Å²) >= 11 is 6.17. The van der Waals surface area contributed by atoms with Crippen LogP contribution in [0.5, 0.6) is 11.5 Å². The summed E-state index contributed by atoms with van der Waals surface area (Å²) in [6.07, 6.45) is 3.15. The lowest BCUT2D eigenvalue weighted by Crippen LogP contribution is -2.20. The van der Waals surface area contributed by atoms with Crippen LogP contribution in [-0.2, 0) is 17.9 Å². The summed E-state index contributed by atoms with van der Waals surface area (Å²) in [5.74, 6) is 0.805. The Hall–Kier alpha value is -2.50. The van der Waals surface area contributed by atoms with Crippen LogP contribution in [0.25, 0.3) is 6.08 Å². The molecule has 1 N–H and O–H groups in total. The van der Waals surface area contributed by atoms with E-state index >= 15 is 0 Å². The predicted molar refractivity (Wildman–Crippen MR) is 109 cm³/mol. The zero-order chi connectivity index (χ0) is 19.8. The number of halogens is 1. The average Bonchev–Trinajstić information content (AvgIpc) is 2.64. The van der Waals surface area contributed by atoms with Crippen molar-refractivity contribution in [2.75, 3.05) is 28.3 Å². The van der Waals surface area contributed by atoms with Crippen molar-refractivity contribution in [2.24, 2.45) is 0 Å². The first-order chi connectivity index (χ1) is 12.9. The van der Waals surface area contributed by atoms with E-state index in [-0.39, 0.29) is 5.91 Å². The van der Waals surface area contributed by atoms with Crippen molar-refractivity contribution in [2.45, 2.75) is 13.1 Å². The highest BCUT2D eigenvalue weighted by Gasteiger charge is 2.09. The molecule has 27 heavy (non-hydrogen) atoms. The summed E-state index contributed by atoms with van der Waals surface area (Å²) in [5, 5.41) is 3.30. The van der Waals surface area contributed by atoms with Crippen LogP contribution in [0, 0.1) is 0 Å². The second-order valence-corrected chi connectivity index (χ2v) is 6.75. The fraction of sp³-hybridized carbons (Fsp3) is 0.286. The molecule has 0 radical (unpaired) electrons. The number of carbonyl (C=O) groups is 1. The Bertz CT molecular complexity index is 802. The van der Waals surface area contributed by atoms with E-state index < -0.39 is 0 Å². The molecule has 6 heteroatoms. The third-order valence-electron chi connectivity index (χ3n) is 3.87. The zero-order valence-corrected chi connectivity index (χ0v) is 16.8.